The van der Waals surface area contributed by atoms with Gasteiger partial charge in [-0.3, -0.25) is 0 Å². The highest BCUT2D eigenvalue weighted by Gasteiger charge is 2.51. The molecule has 2 aromatic carbocycles. The van der Waals surface area contributed by atoms with Crippen LogP contribution < -0.4 is 17.1 Å². The molecule has 1 saturated heterocycles. The van der Waals surface area contributed by atoms with Crippen molar-refractivity contribution in [1.82, 2.24) is 4.90 Å². The van der Waals surface area contributed by atoms with E-state index >= 15 is 0 Å². The molecule has 0 spiro atoms. The predicted molar refractivity (Wildman–Crippen MR) is 137 cm³/mol. The lowest BCUT2D eigenvalue weighted by atomic mass is 9.48. The van der Waals surface area contributed by atoms with E-state index in [0.29, 0.717) is 18.6 Å². The Labute approximate surface area is 217 Å². The Bertz CT molecular complexity index is 903. The third-order valence-corrected chi connectivity index (χ3v) is 9.49. The highest BCUT2D eigenvalue weighted by molar-refractivity contribution is 5.34. The van der Waals surface area contributed by atoms with Crippen LogP contribution in [0, 0.1) is 23.7 Å². The number of piperidine rings is 1. The summed E-state index contributed by atoms with van der Waals surface area (Å²) in [5, 5.41) is 10.6. The van der Waals surface area contributed by atoms with Crippen LogP contribution in [0.2, 0.25) is 0 Å². The number of halogens is 1. The topological polar surface area (TPSA) is 32.7 Å². The van der Waals surface area contributed by atoms with Gasteiger partial charge in [0.25, 0.3) is 0 Å². The molecule has 35 heavy (non-hydrogen) atoms. The fourth-order valence-electron chi connectivity index (χ4n) is 8.23. The Kier molecular flexibility index (Phi) is 7.77. The van der Waals surface area contributed by atoms with E-state index in [1.807, 2.05) is 0 Å². The van der Waals surface area contributed by atoms with Gasteiger partial charge in [-0.25, -0.2) is 0 Å². The zero-order chi connectivity index (χ0) is 23.0. The Balaban J connectivity index is 0.00000253. The lowest BCUT2D eigenvalue weighted by molar-refractivity contribution is -0.00524. The van der Waals surface area contributed by atoms with Crippen molar-refractivity contribution in [2.24, 2.45) is 23.7 Å². The van der Waals surface area contributed by atoms with E-state index in [9.17, 15) is 5.11 Å². The summed E-state index contributed by atoms with van der Waals surface area (Å²) in [4.78, 5) is 2.41. The van der Waals surface area contributed by atoms with E-state index in [-0.39, 0.29) is 12.4 Å². The van der Waals surface area contributed by atoms with Crippen molar-refractivity contribution in [2.75, 3.05) is 26.2 Å². The lowest BCUT2D eigenvalue weighted by Gasteiger charge is -2.57. The number of nitrogens with zero attached hydrogens (tertiary/aromatic N) is 1. The molecule has 0 radical (unpaired) electrons. The first-order valence-electron chi connectivity index (χ1n) is 13.8. The molecule has 190 valence electrons. The standard InChI is InChI=1S/C31H41NO2.ClH/c33-29(21-32-12-10-24(11-13-32)14-23-4-2-1-3-5-23)22-34-30-8-6-28(7-9-30)31-18-25-15-26(19-31)17-27(16-25)20-31;/h1-9,24-27,29,33H,10-22H2;1H/p-1. The first-order chi connectivity index (χ1) is 16.6. The number of hydrogen-bond acceptors (Lipinski definition) is 3. The summed E-state index contributed by atoms with van der Waals surface area (Å²) in [7, 11) is 0. The minimum atomic E-state index is -0.437. The second-order valence-corrected chi connectivity index (χ2v) is 12.1. The van der Waals surface area contributed by atoms with Crippen LogP contribution in [-0.2, 0) is 11.8 Å². The zero-order valence-electron chi connectivity index (χ0n) is 21.0. The van der Waals surface area contributed by atoms with Crippen LogP contribution in [0.3, 0.4) is 0 Å². The number of β-amino-alcohol motifs (C(OH)–C–C–N with tert-alkyl or cyclic N) is 1. The number of aliphatic hydroxyl groups is 1. The average molecular weight is 495 g/mol. The molecule has 1 unspecified atom stereocenters. The van der Waals surface area contributed by atoms with Crippen molar-refractivity contribution < 1.29 is 22.3 Å². The van der Waals surface area contributed by atoms with Crippen LogP contribution in [0.15, 0.2) is 54.6 Å². The number of benzene rings is 2. The van der Waals surface area contributed by atoms with E-state index < -0.39 is 6.10 Å². The third-order valence-electron chi connectivity index (χ3n) is 9.49. The molecule has 4 saturated carbocycles. The summed E-state index contributed by atoms with van der Waals surface area (Å²) >= 11 is 0. The van der Waals surface area contributed by atoms with Crippen molar-refractivity contribution >= 4 is 0 Å². The second-order valence-electron chi connectivity index (χ2n) is 12.1. The van der Waals surface area contributed by atoms with Gasteiger partial charge in [0, 0.05) is 6.54 Å². The summed E-state index contributed by atoms with van der Waals surface area (Å²) in [6.07, 6.45) is 11.9. The van der Waals surface area contributed by atoms with Crippen molar-refractivity contribution in [2.45, 2.75) is 69.3 Å². The molecular formula is C31H41ClNO2-. The van der Waals surface area contributed by atoms with Gasteiger partial charge in [-0.2, -0.15) is 0 Å². The van der Waals surface area contributed by atoms with Crippen molar-refractivity contribution in [1.29, 1.82) is 0 Å². The monoisotopic (exact) mass is 494 g/mol. The lowest BCUT2D eigenvalue weighted by Crippen LogP contribution is -3.00. The normalized spacial score (nSPS) is 31.2. The first-order valence-corrected chi connectivity index (χ1v) is 13.8. The van der Waals surface area contributed by atoms with E-state index in [0.717, 1.165) is 42.5 Å². The van der Waals surface area contributed by atoms with Crippen LogP contribution in [0.5, 0.6) is 5.75 Å². The molecule has 5 fully saturated rings. The number of hydrogen-bond donors (Lipinski definition) is 1. The van der Waals surface area contributed by atoms with Crippen molar-refractivity contribution in [3.8, 4) is 5.75 Å². The van der Waals surface area contributed by atoms with E-state index in [1.165, 1.54) is 68.9 Å². The van der Waals surface area contributed by atoms with Gasteiger partial charge in [0.2, 0.25) is 0 Å². The zero-order valence-corrected chi connectivity index (χ0v) is 21.7. The minimum Gasteiger partial charge on any atom is -1.00 e. The molecule has 5 aliphatic rings. The van der Waals surface area contributed by atoms with Crippen LogP contribution in [0.25, 0.3) is 0 Å². The van der Waals surface area contributed by atoms with Gasteiger partial charge < -0.3 is 27.2 Å². The number of rotatable bonds is 8. The van der Waals surface area contributed by atoms with Crippen LogP contribution in [0.1, 0.15) is 62.5 Å². The maximum Gasteiger partial charge on any atom is 0.119 e. The molecule has 1 heterocycles. The van der Waals surface area contributed by atoms with Gasteiger partial charge in [0.05, 0.1) is 0 Å². The quantitative estimate of drug-likeness (QED) is 0.612. The van der Waals surface area contributed by atoms with Gasteiger partial charge in [-0.05, 0) is 123 Å². The third kappa shape index (κ3) is 5.73. The molecule has 0 aromatic heterocycles. The SMILES string of the molecule is OC(COc1ccc(C23CC4CC(CC(C4)C2)C3)cc1)CN1CCC(Cc2ccccc2)CC1.[Cl-]. The van der Waals surface area contributed by atoms with Crippen LogP contribution in [0.4, 0.5) is 0 Å². The number of ether oxygens (including phenoxy) is 1. The van der Waals surface area contributed by atoms with Gasteiger partial charge in [0.15, 0.2) is 0 Å². The maximum absolute atomic E-state index is 10.6. The fourth-order valence-corrected chi connectivity index (χ4v) is 8.23. The molecule has 4 bridgehead atoms. The highest BCUT2D eigenvalue weighted by Crippen LogP contribution is 2.60. The summed E-state index contributed by atoms with van der Waals surface area (Å²) < 4.78 is 6.01. The molecular weight excluding hydrogens is 454 g/mol. The van der Waals surface area contributed by atoms with E-state index in [2.05, 4.69) is 59.5 Å². The summed E-state index contributed by atoms with van der Waals surface area (Å²) in [5.74, 6) is 4.58. The summed E-state index contributed by atoms with van der Waals surface area (Å²) in [6, 6.07) is 19.8. The first kappa shape index (κ1) is 25.1. The minimum absolute atomic E-state index is 0. The summed E-state index contributed by atoms with van der Waals surface area (Å²) in [6.45, 7) is 3.24. The molecule has 2 aromatic rings. The Morgan fingerprint density at radius 2 is 1.46 bits per heavy atom. The van der Waals surface area contributed by atoms with Crippen LogP contribution in [-0.4, -0.2) is 42.4 Å². The molecule has 4 heteroatoms. The van der Waals surface area contributed by atoms with E-state index in [1.54, 1.807) is 0 Å². The average Bonchev–Trinajstić information content (AvgIpc) is 2.84. The van der Waals surface area contributed by atoms with Crippen molar-refractivity contribution in [3.05, 3.63) is 65.7 Å². The van der Waals surface area contributed by atoms with Gasteiger partial charge in [-0.1, -0.05) is 42.5 Å². The highest BCUT2D eigenvalue weighted by atomic mass is 35.5. The Hall–Kier alpha value is -1.55. The Morgan fingerprint density at radius 3 is 2.06 bits per heavy atom. The van der Waals surface area contributed by atoms with Crippen molar-refractivity contribution in [3.63, 3.8) is 0 Å². The second kappa shape index (κ2) is 10.8. The summed E-state index contributed by atoms with van der Waals surface area (Å²) in [5.41, 5.74) is 3.43. The van der Waals surface area contributed by atoms with Crippen LogP contribution >= 0.6 is 0 Å². The molecule has 0 amide bonds. The molecule has 3 nitrogen and oxygen atoms in total. The van der Waals surface area contributed by atoms with Gasteiger partial charge >= 0.3 is 0 Å². The van der Waals surface area contributed by atoms with Gasteiger partial charge in [-0.15, -0.1) is 0 Å². The van der Waals surface area contributed by atoms with Gasteiger partial charge in [0.1, 0.15) is 18.5 Å². The maximum atomic E-state index is 10.6. The fraction of sp³-hybridized carbons (Fsp3) is 0.613. The smallest absolute Gasteiger partial charge is 0.119 e. The molecule has 4 aliphatic carbocycles. The predicted octanol–water partition coefficient (Wildman–Crippen LogP) is 2.85. The number of likely N-dealkylation sites (tertiary alicyclic amines) is 1. The molecule has 7 rings (SSSR count). The van der Waals surface area contributed by atoms with E-state index in [4.69, 9.17) is 4.74 Å². The molecule has 1 N–H and O–H groups in total. The Morgan fingerprint density at radius 1 is 0.857 bits per heavy atom. The molecule has 1 atom stereocenters. The largest absolute Gasteiger partial charge is 1.00 e. The molecule has 1 aliphatic heterocycles. The number of aliphatic hydroxyl groups excluding tert-OH is 1.